The fourth-order valence-corrected chi connectivity index (χ4v) is 4.70. The predicted octanol–water partition coefficient (Wildman–Crippen LogP) is 1.93. The molecule has 0 spiro atoms. The predicted molar refractivity (Wildman–Crippen MR) is 88.9 cm³/mol. The van der Waals surface area contributed by atoms with Crippen molar-refractivity contribution in [2.45, 2.75) is 24.1 Å². The van der Waals surface area contributed by atoms with Gasteiger partial charge in [-0.3, -0.25) is 9.78 Å². The second-order valence-corrected chi connectivity index (χ2v) is 8.02. The molecule has 7 heteroatoms. The van der Waals surface area contributed by atoms with Crippen LogP contribution in [0.5, 0.6) is 5.75 Å². The summed E-state index contributed by atoms with van der Waals surface area (Å²) >= 11 is 0. The second-order valence-electron chi connectivity index (χ2n) is 5.68. The molecule has 2 heterocycles. The van der Waals surface area contributed by atoms with Crippen molar-refractivity contribution in [2.24, 2.45) is 0 Å². The third-order valence-electron chi connectivity index (χ3n) is 4.20. The third-order valence-corrected chi connectivity index (χ3v) is 6.54. The van der Waals surface area contributed by atoms with E-state index in [1.54, 1.807) is 37.6 Å². The summed E-state index contributed by atoms with van der Waals surface area (Å²) in [7, 11) is -2.06. The fourth-order valence-electron chi connectivity index (χ4n) is 2.84. The lowest BCUT2D eigenvalue weighted by atomic mass is 10.1. The molecule has 3 rings (SSSR count). The van der Waals surface area contributed by atoms with Gasteiger partial charge in [0.25, 0.3) is 0 Å². The minimum Gasteiger partial charge on any atom is -0.497 e. The number of rotatable bonds is 4. The molecule has 1 aliphatic heterocycles. The van der Waals surface area contributed by atoms with Gasteiger partial charge in [0.15, 0.2) is 15.2 Å². The summed E-state index contributed by atoms with van der Waals surface area (Å²) in [6.45, 7) is 1.65. The molecule has 0 saturated carbocycles. The van der Waals surface area contributed by atoms with Crippen LogP contribution in [0.15, 0.2) is 48.8 Å². The van der Waals surface area contributed by atoms with Crippen LogP contribution in [0.25, 0.3) is 0 Å². The standard InChI is InChI=1S/C17H18N2O4S/c1-12-16(20)19(11-13-5-7-15(23-2)8-6-13)17(24(12,21)22)14-4-3-9-18-10-14/h3-10,12,17H,11H2,1-2H3. The van der Waals surface area contributed by atoms with Crippen molar-refractivity contribution in [3.05, 3.63) is 59.9 Å². The molecule has 2 unspecified atom stereocenters. The van der Waals surface area contributed by atoms with Crippen molar-refractivity contribution in [3.63, 3.8) is 0 Å². The van der Waals surface area contributed by atoms with Gasteiger partial charge in [0.2, 0.25) is 5.91 Å². The van der Waals surface area contributed by atoms with E-state index < -0.39 is 20.5 Å². The average Bonchev–Trinajstić information content (AvgIpc) is 2.76. The first-order valence-corrected chi connectivity index (χ1v) is 9.12. The van der Waals surface area contributed by atoms with Crippen molar-refractivity contribution < 1.29 is 17.9 Å². The van der Waals surface area contributed by atoms with E-state index in [0.29, 0.717) is 11.3 Å². The Morgan fingerprint density at radius 3 is 2.50 bits per heavy atom. The first-order valence-electron chi connectivity index (χ1n) is 7.51. The lowest BCUT2D eigenvalue weighted by Crippen LogP contribution is -2.29. The molecular weight excluding hydrogens is 328 g/mol. The molecular formula is C17H18N2O4S. The molecule has 0 aliphatic carbocycles. The van der Waals surface area contributed by atoms with Gasteiger partial charge in [-0.15, -0.1) is 0 Å². The van der Waals surface area contributed by atoms with Crippen LogP contribution < -0.4 is 4.74 Å². The minimum absolute atomic E-state index is 0.214. The summed E-state index contributed by atoms with van der Waals surface area (Å²) in [4.78, 5) is 17.9. The maximum Gasteiger partial charge on any atom is 0.242 e. The van der Waals surface area contributed by atoms with E-state index in [0.717, 1.165) is 5.56 Å². The zero-order chi connectivity index (χ0) is 17.3. The lowest BCUT2D eigenvalue weighted by molar-refractivity contribution is -0.130. The number of carbonyl (C=O) groups is 1. The van der Waals surface area contributed by atoms with Crippen LogP contribution in [0.4, 0.5) is 0 Å². The zero-order valence-electron chi connectivity index (χ0n) is 13.4. The largest absolute Gasteiger partial charge is 0.497 e. The van der Waals surface area contributed by atoms with Crippen molar-refractivity contribution in [2.75, 3.05) is 7.11 Å². The topological polar surface area (TPSA) is 76.6 Å². The number of hydrogen-bond donors (Lipinski definition) is 0. The number of ether oxygens (including phenoxy) is 1. The molecule has 0 bridgehead atoms. The van der Waals surface area contributed by atoms with E-state index in [1.807, 2.05) is 12.1 Å². The van der Waals surface area contributed by atoms with Crippen molar-refractivity contribution >= 4 is 15.7 Å². The number of benzene rings is 1. The Balaban J connectivity index is 1.98. The van der Waals surface area contributed by atoms with Gasteiger partial charge < -0.3 is 9.64 Å². The van der Waals surface area contributed by atoms with Crippen LogP contribution in [-0.2, 0) is 21.2 Å². The molecule has 1 fully saturated rings. The number of amides is 1. The van der Waals surface area contributed by atoms with Crippen LogP contribution in [0, 0.1) is 0 Å². The van der Waals surface area contributed by atoms with Gasteiger partial charge in [-0.05, 0) is 30.7 Å². The summed E-state index contributed by atoms with van der Waals surface area (Å²) in [5, 5.41) is -2.06. The summed E-state index contributed by atoms with van der Waals surface area (Å²) < 4.78 is 30.5. The number of methoxy groups -OCH3 is 1. The van der Waals surface area contributed by atoms with Crippen molar-refractivity contribution in [1.82, 2.24) is 9.88 Å². The van der Waals surface area contributed by atoms with Gasteiger partial charge in [0.1, 0.15) is 11.0 Å². The molecule has 1 amide bonds. The Kier molecular flexibility index (Phi) is 4.28. The zero-order valence-corrected chi connectivity index (χ0v) is 14.2. The molecule has 1 aromatic carbocycles. The number of hydrogen-bond acceptors (Lipinski definition) is 5. The highest BCUT2D eigenvalue weighted by Gasteiger charge is 2.50. The quantitative estimate of drug-likeness (QED) is 0.845. The Hall–Kier alpha value is -2.41. The monoisotopic (exact) mass is 346 g/mol. The maximum absolute atomic E-state index is 12.7. The minimum atomic E-state index is -3.64. The van der Waals surface area contributed by atoms with Crippen LogP contribution in [0.1, 0.15) is 23.4 Å². The Labute approximate surface area is 141 Å². The first kappa shape index (κ1) is 16.4. The molecule has 1 aromatic heterocycles. The molecule has 24 heavy (non-hydrogen) atoms. The number of nitrogens with zero attached hydrogens (tertiary/aromatic N) is 2. The number of pyridine rings is 1. The lowest BCUT2D eigenvalue weighted by Gasteiger charge is -2.23. The maximum atomic E-state index is 12.7. The third kappa shape index (κ3) is 2.75. The molecule has 6 nitrogen and oxygen atoms in total. The Bertz CT molecular complexity index is 835. The summed E-state index contributed by atoms with van der Waals surface area (Å²) in [6.07, 6.45) is 3.07. The van der Waals surface area contributed by atoms with Crippen LogP contribution in [0.2, 0.25) is 0 Å². The van der Waals surface area contributed by atoms with E-state index in [9.17, 15) is 13.2 Å². The van der Waals surface area contributed by atoms with Crippen molar-refractivity contribution in [1.29, 1.82) is 0 Å². The van der Waals surface area contributed by atoms with E-state index in [4.69, 9.17) is 4.74 Å². The Morgan fingerprint density at radius 2 is 1.92 bits per heavy atom. The Morgan fingerprint density at radius 1 is 1.21 bits per heavy atom. The van der Waals surface area contributed by atoms with E-state index in [1.165, 1.54) is 18.0 Å². The van der Waals surface area contributed by atoms with Crippen LogP contribution >= 0.6 is 0 Å². The molecule has 0 N–H and O–H groups in total. The molecule has 1 aliphatic rings. The van der Waals surface area contributed by atoms with Gasteiger partial charge in [0.05, 0.1) is 7.11 Å². The van der Waals surface area contributed by atoms with Gasteiger partial charge in [-0.1, -0.05) is 18.2 Å². The number of aromatic nitrogens is 1. The highest BCUT2D eigenvalue weighted by atomic mass is 32.2. The van der Waals surface area contributed by atoms with Crippen molar-refractivity contribution in [3.8, 4) is 5.75 Å². The fraction of sp³-hybridized carbons (Fsp3) is 0.294. The summed E-state index contributed by atoms with van der Waals surface area (Å²) in [5.74, 6) is 0.316. The average molecular weight is 346 g/mol. The van der Waals surface area contributed by atoms with E-state index in [-0.39, 0.29) is 12.5 Å². The molecule has 0 radical (unpaired) electrons. The van der Waals surface area contributed by atoms with Crippen LogP contribution in [-0.4, -0.2) is 36.6 Å². The van der Waals surface area contributed by atoms with Gasteiger partial charge in [-0.25, -0.2) is 8.42 Å². The van der Waals surface area contributed by atoms with Crippen LogP contribution in [0.3, 0.4) is 0 Å². The normalized spacial score (nSPS) is 22.6. The first-order chi connectivity index (χ1) is 11.4. The second kappa shape index (κ2) is 6.24. The smallest absolute Gasteiger partial charge is 0.242 e. The summed E-state index contributed by atoms with van der Waals surface area (Å²) in [6, 6.07) is 10.6. The van der Waals surface area contributed by atoms with Gasteiger partial charge >= 0.3 is 0 Å². The highest BCUT2D eigenvalue weighted by Crippen LogP contribution is 2.38. The SMILES string of the molecule is COc1ccc(CN2C(=O)C(C)S(=O)(=O)C2c2cccnc2)cc1. The van der Waals surface area contributed by atoms with E-state index in [2.05, 4.69) is 4.98 Å². The molecule has 2 aromatic rings. The highest BCUT2D eigenvalue weighted by molar-refractivity contribution is 7.93. The molecule has 1 saturated heterocycles. The number of carbonyl (C=O) groups excluding carboxylic acids is 1. The number of sulfone groups is 1. The molecule has 126 valence electrons. The van der Waals surface area contributed by atoms with Gasteiger partial charge in [-0.2, -0.15) is 0 Å². The van der Waals surface area contributed by atoms with Gasteiger partial charge in [0, 0.05) is 24.5 Å². The summed E-state index contributed by atoms with van der Waals surface area (Å²) in [5.41, 5.74) is 1.34. The van der Waals surface area contributed by atoms with E-state index >= 15 is 0 Å². The molecule has 2 atom stereocenters.